The lowest BCUT2D eigenvalue weighted by molar-refractivity contribution is 0.0947. The second-order valence-electron chi connectivity index (χ2n) is 6.16. The molecule has 0 radical (unpaired) electrons. The Kier molecular flexibility index (Phi) is 6.57. The molecule has 9 nitrogen and oxygen atoms in total. The number of pyridine rings is 2. The van der Waals surface area contributed by atoms with Crippen LogP contribution in [-0.4, -0.2) is 39.3 Å². The van der Waals surface area contributed by atoms with Gasteiger partial charge in [0, 0.05) is 47.0 Å². The van der Waals surface area contributed by atoms with E-state index in [2.05, 4.69) is 31.0 Å². The second-order valence-corrected chi connectivity index (χ2v) is 6.16. The van der Waals surface area contributed by atoms with E-state index in [4.69, 9.17) is 0 Å². The molecule has 2 heterocycles. The molecule has 2 amide bonds. The molecule has 0 fully saturated rings. The minimum absolute atomic E-state index is 0.0931. The Morgan fingerprint density at radius 3 is 1.63 bits per heavy atom. The van der Waals surface area contributed by atoms with Crippen LogP contribution in [-0.2, 0) is 0 Å². The number of hydrogen-bond acceptors (Lipinski definition) is 7. The van der Waals surface area contributed by atoms with Gasteiger partial charge >= 0.3 is 0 Å². The highest BCUT2D eigenvalue weighted by molar-refractivity contribution is 5.97. The van der Waals surface area contributed by atoms with Gasteiger partial charge in [-0.05, 0) is 48.9 Å². The van der Waals surface area contributed by atoms with Crippen LogP contribution in [0.25, 0.3) is 0 Å². The van der Waals surface area contributed by atoms with E-state index in [1.807, 2.05) is 6.92 Å². The Morgan fingerprint density at radius 1 is 0.833 bits per heavy atom. The van der Waals surface area contributed by atoms with Gasteiger partial charge in [-0.2, -0.15) is 10.2 Å². The fraction of sp³-hybridized carbons (Fsp3) is 0.0476. The Morgan fingerprint density at radius 2 is 1.23 bits per heavy atom. The van der Waals surface area contributed by atoms with Crippen molar-refractivity contribution in [3.8, 4) is 5.75 Å². The lowest BCUT2D eigenvalue weighted by atomic mass is 10.1. The summed E-state index contributed by atoms with van der Waals surface area (Å²) in [7, 11) is 0. The fourth-order valence-corrected chi connectivity index (χ4v) is 2.49. The van der Waals surface area contributed by atoms with Crippen molar-refractivity contribution in [2.75, 3.05) is 0 Å². The molecule has 0 bridgehead atoms. The molecular weight excluding hydrogens is 384 g/mol. The van der Waals surface area contributed by atoms with Gasteiger partial charge in [-0.1, -0.05) is 0 Å². The number of carbonyl (C=O) groups is 2. The van der Waals surface area contributed by atoms with Gasteiger partial charge in [0.2, 0.25) is 0 Å². The van der Waals surface area contributed by atoms with Gasteiger partial charge in [0.15, 0.2) is 0 Å². The van der Waals surface area contributed by atoms with E-state index in [1.54, 1.807) is 36.4 Å². The summed E-state index contributed by atoms with van der Waals surface area (Å²) in [5.74, 6) is -0.896. The Balaban J connectivity index is 1.68. The number of hydrazone groups is 2. The molecule has 0 spiro atoms. The van der Waals surface area contributed by atoms with Crippen LogP contribution in [0.4, 0.5) is 0 Å². The van der Waals surface area contributed by atoms with Gasteiger partial charge in [0.1, 0.15) is 5.75 Å². The Hall–Kier alpha value is -4.40. The molecule has 30 heavy (non-hydrogen) atoms. The highest BCUT2D eigenvalue weighted by Crippen LogP contribution is 2.21. The molecule has 0 aliphatic rings. The van der Waals surface area contributed by atoms with Crippen molar-refractivity contribution < 1.29 is 14.7 Å². The number of rotatable bonds is 6. The third kappa shape index (κ3) is 5.32. The van der Waals surface area contributed by atoms with E-state index < -0.39 is 11.8 Å². The average Bonchev–Trinajstić information content (AvgIpc) is 2.77. The monoisotopic (exact) mass is 402 g/mol. The fourth-order valence-electron chi connectivity index (χ4n) is 2.49. The van der Waals surface area contributed by atoms with E-state index in [0.29, 0.717) is 22.3 Å². The molecule has 3 rings (SSSR count). The number of nitrogens with zero attached hydrogens (tertiary/aromatic N) is 4. The zero-order valence-corrected chi connectivity index (χ0v) is 16.0. The summed E-state index contributed by atoms with van der Waals surface area (Å²) in [6.45, 7) is 1.83. The highest BCUT2D eigenvalue weighted by Gasteiger charge is 2.08. The summed E-state index contributed by atoms with van der Waals surface area (Å²) < 4.78 is 0. The van der Waals surface area contributed by atoms with Crippen LogP contribution in [0.5, 0.6) is 5.75 Å². The van der Waals surface area contributed by atoms with Crippen LogP contribution in [0.2, 0.25) is 0 Å². The summed E-state index contributed by atoms with van der Waals surface area (Å²) in [6.07, 6.45) is 8.67. The normalized spacial score (nSPS) is 11.0. The predicted octanol–water partition coefficient (Wildman–Crippen LogP) is 2.02. The number of benzene rings is 1. The van der Waals surface area contributed by atoms with Crippen LogP contribution in [0.3, 0.4) is 0 Å². The van der Waals surface area contributed by atoms with Crippen molar-refractivity contribution in [2.24, 2.45) is 10.2 Å². The zero-order valence-electron chi connectivity index (χ0n) is 16.0. The standard InChI is InChI=1S/C21H18N6O3/c1-14-10-17(12-24-26-20(29)15-2-6-22-7-3-15)19(28)18(11-14)13-25-27-21(30)16-4-8-23-9-5-16/h2-13,28H,1H3,(H,26,29)(H,27,30). The van der Waals surface area contributed by atoms with Crippen molar-refractivity contribution in [3.05, 3.63) is 89.0 Å². The van der Waals surface area contributed by atoms with Crippen molar-refractivity contribution in [2.45, 2.75) is 6.92 Å². The minimum atomic E-state index is -0.401. The van der Waals surface area contributed by atoms with E-state index in [-0.39, 0.29) is 5.75 Å². The first kappa shape index (κ1) is 20.3. The molecule has 0 unspecified atom stereocenters. The average molecular weight is 402 g/mol. The maximum atomic E-state index is 12.0. The number of nitrogens with one attached hydrogen (secondary N) is 2. The molecule has 2 aromatic heterocycles. The summed E-state index contributed by atoms with van der Waals surface area (Å²) in [5, 5.41) is 18.2. The largest absolute Gasteiger partial charge is 0.507 e. The number of aromatic hydroxyl groups is 1. The Bertz CT molecular complexity index is 1010. The smallest absolute Gasteiger partial charge is 0.271 e. The molecule has 0 saturated carbocycles. The summed E-state index contributed by atoms with van der Waals surface area (Å²) >= 11 is 0. The first-order valence-corrected chi connectivity index (χ1v) is 8.85. The third-order valence-electron chi connectivity index (χ3n) is 3.94. The van der Waals surface area contributed by atoms with Crippen LogP contribution in [0.15, 0.2) is 71.4 Å². The zero-order chi connectivity index (χ0) is 21.3. The van der Waals surface area contributed by atoms with Crippen LogP contribution in [0.1, 0.15) is 37.4 Å². The van der Waals surface area contributed by atoms with Gasteiger partial charge in [-0.3, -0.25) is 19.6 Å². The number of phenols is 1. The van der Waals surface area contributed by atoms with Crippen molar-refractivity contribution in [1.82, 2.24) is 20.8 Å². The number of amides is 2. The molecule has 3 N–H and O–H groups in total. The van der Waals surface area contributed by atoms with Gasteiger partial charge in [0.25, 0.3) is 11.8 Å². The molecule has 3 aromatic rings. The molecule has 150 valence electrons. The molecule has 0 aliphatic carbocycles. The van der Waals surface area contributed by atoms with Crippen LogP contribution < -0.4 is 10.9 Å². The maximum absolute atomic E-state index is 12.0. The maximum Gasteiger partial charge on any atom is 0.271 e. The lowest BCUT2D eigenvalue weighted by Crippen LogP contribution is -2.17. The van der Waals surface area contributed by atoms with Gasteiger partial charge in [-0.25, -0.2) is 10.9 Å². The Labute approximate surface area is 172 Å². The molecule has 9 heteroatoms. The molecule has 1 aromatic carbocycles. The quantitative estimate of drug-likeness (QED) is 0.429. The number of carbonyl (C=O) groups excluding carboxylic acids is 2. The van der Waals surface area contributed by atoms with Crippen LogP contribution >= 0.6 is 0 Å². The number of phenolic OH excluding ortho intramolecular Hbond substituents is 1. The molecular formula is C21H18N6O3. The number of aromatic nitrogens is 2. The van der Waals surface area contributed by atoms with Gasteiger partial charge in [-0.15, -0.1) is 0 Å². The van der Waals surface area contributed by atoms with E-state index in [0.717, 1.165) is 5.56 Å². The first-order chi connectivity index (χ1) is 14.5. The second kappa shape index (κ2) is 9.69. The number of hydrogen-bond donors (Lipinski definition) is 3. The van der Waals surface area contributed by atoms with Crippen LogP contribution in [0, 0.1) is 6.92 Å². The number of aryl methyl sites for hydroxylation is 1. The summed E-state index contributed by atoms with van der Waals surface area (Å²) in [6, 6.07) is 9.63. The van der Waals surface area contributed by atoms with Gasteiger partial charge < -0.3 is 5.11 Å². The summed E-state index contributed by atoms with van der Waals surface area (Å²) in [5.41, 5.74) is 7.19. The van der Waals surface area contributed by atoms with E-state index >= 15 is 0 Å². The first-order valence-electron chi connectivity index (χ1n) is 8.85. The molecule has 0 atom stereocenters. The van der Waals surface area contributed by atoms with Gasteiger partial charge in [0.05, 0.1) is 12.4 Å². The SMILES string of the molecule is Cc1cc(C=NNC(=O)c2ccncc2)c(O)c(C=NNC(=O)c2ccncc2)c1. The topological polar surface area (TPSA) is 129 Å². The van der Waals surface area contributed by atoms with E-state index in [9.17, 15) is 14.7 Å². The third-order valence-corrected chi connectivity index (χ3v) is 3.94. The minimum Gasteiger partial charge on any atom is -0.507 e. The highest BCUT2D eigenvalue weighted by atomic mass is 16.3. The van der Waals surface area contributed by atoms with Crippen molar-refractivity contribution >= 4 is 24.2 Å². The summed E-state index contributed by atoms with van der Waals surface area (Å²) in [4.78, 5) is 31.7. The van der Waals surface area contributed by atoms with Crippen molar-refractivity contribution in [1.29, 1.82) is 0 Å². The molecule has 0 saturated heterocycles. The van der Waals surface area contributed by atoms with E-state index in [1.165, 1.54) is 37.2 Å². The predicted molar refractivity (Wildman–Crippen MR) is 111 cm³/mol. The van der Waals surface area contributed by atoms with Crippen molar-refractivity contribution in [3.63, 3.8) is 0 Å². The molecule has 0 aliphatic heterocycles. The lowest BCUT2D eigenvalue weighted by Gasteiger charge is -2.06.